The Morgan fingerprint density at radius 1 is 1.47 bits per heavy atom. The second kappa shape index (κ2) is 5.05. The first-order valence-corrected chi connectivity index (χ1v) is 7.08. The van der Waals surface area contributed by atoms with Crippen LogP contribution < -0.4 is 4.72 Å². The van der Waals surface area contributed by atoms with E-state index in [0.717, 1.165) is 12.5 Å². The number of nitrogens with one attached hydrogen (secondary N) is 1. The molecule has 0 amide bonds. The lowest BCUT2D eigenvalue weighted by molar-refractivity contribution is -0.136. The molecule has 0 radical (unpaired) electrons. The van der Waals surface area contributed by atoms with Gasteiger partial charge in [0.15, 0.2) is 5.25 Å². The molecule has 1 unspecified atom stereocenters. The Bertz CT molecular complexity index is 541. The van der Waals surface area contributed by atoms with Crippen molar-refractivity contribution in [1.82, 2.24) is 0 Å². The van der Waals surface area contributed by atoms with Crippen molar-refractivity contribution in [2.24, 2.45) is 0 Å². The third-order valence-electron chi connectivity index (χ3n) is 2.19. The molecule has 94 valence electrons. The van der Waals surface area contributed by atoms with Crippen molar-refractivity contribution in [1.29, 1.82) is 0 Å². The van der Waals surface area contributed by atoms with Gasteiger partial charge < -0.3 is 5.11 Å². The molecule has 0 aliphatic rings. The van der Waals surface area contributed by atoms with Crippen LogP contribution in [0.2, 0.25) is 0 Å². The van der Waals surface area contributed by atoms with Crippen LogP contribution in [0.15, 0.2) is 22.7 Å². The fraction of sp³-hybridized carbons (Fsp3) is 0.300. The molecule has 0 bridgehead atoms. The van der Waals surface area contributed by atoms with Gasteiger partial charge in [-0.25, -0.2) is 8.42 Å². The molecule has 1 atom stereocenters. The second-order valence-electron chi connectivity index (χ2n) is 3.61. The van der Waals surface area contributed by atoms with Gasteiger partial charge in [-0.3, -0.25) is 9.52 Å². The van der Waals surface area contributed by atoms with E-state index in [1.165, 1.54) is 0 Å². The lowest BCUT2D eigenvalue weighted by atomic mass is 10.2. The van der Waals surface area contributed by atoms with Gasteiger partial charge in [0.25, 0.3) is 0 Å². The van der Waals surface area contributed by atoms with E-state index >= 15 is 0 Å². The summed E-state index contributed by atoms with van der Waals surface area (Å²) in [6.45, 7) is 2.93. The summed E-state index contributed by atoms with van der Waals surface area (Å²) in [4.78, 5) is 10.7. The van der Waals surface area contributed by atoms with Crippen LogP contribution in [-0.4, -0.2) is 24.7 Å². The van der Waals surface area contributed by atoms with E-state index in [1.807, 2.05) is 13.0 Å². The number of carboxylic acid groups (broad SMARTS) is 1. The number of carbonyl (C=O) groups is 1. The number of aryl methyl sites for hydroxylation is 1. The number of hydrogen-bond donors (Lipinski definition) is 2. The molecule has 2 N–H and O–H groups in total. The van der Waals surface area contributed by atoms with Gasteiger partial charge in [-0.15, -0.1) is 0 Å². The number of sulfonamides is 1. The molecule has 0 fully saturated rings. The highest BCUT2D eigenvalue weighted by Crippen LogP contribution is 2.25. The molecule has 1 rings (SSSR count). The van der Waals surface area contributed by atoms with Crippen LogP contribution in [0.1, 0.15) is 12.5 Å². The van der Waals surface area contributed by atoms with Gasteiger partial charge in [0.05, 0.1) is 5.69 Å². The molecule has 1 aromatic rings. The average molecular weight is 322 g/mol. The zero-order valence-electron chi connectivity index (χ0n) is 9.27. The minimum Gasteiger partial charge on any atom is -0.480 e. The Morgan fingerprint density at radius 2 is 2.06 bits per heavy atom. The van der Waals surface area contributed by atoms with E-state index in [0.29, 0.717) is 10.2 Å². The van der Waals surface area contributed by atoms with Gasteiger partial charge in [0.1, 0.15) is 0 Å². The highest BCUT2D eigenvalue weighted by Gasteiger charge is 2.28. The van der Waals surface area contributed by atoms with E-state index < -0.39 is 21.2 Å². The molecule has 0 spiro atoms. The van der Waals surface area contributed by atoms with Gasteiger partial charge >= 0.3 is 5.97 Å². The Balaban J connectivity index is 3.06. The summed E-state index contributed by atoms with van der Waals surface area (Å²) in [5.41, 5.74) is 1.20. The van der Waals surface area contributed by atoms with E-state index in [1.54, 1.807) is 12.1 Å². The summed E-state index contributed by atoms with van der Waals surface area (Å²) in [6.07, 6.45) is 0. The largest absolute Gasteiger partial charge is 0.480 e. The van der Waals surface area contributed by atoms with Gasteiger partial charge in [0.2, 0.25) is 10.0 Å². The lowest BCUT2D eigenvalue weighted by Crippen LogP contribution is -2.32. The predicted molar refractivity (Wildman–Crippen MR) is 68.5 cm³/mol. The second-order valence-corrected chi connectivity index (χ2v) is 6.47. The van der Waals surface area contributed by atoms with Crippen molar-refractivity contribution in [2.75, 3.05) is 4.72 Å². The summed E-state index contributed by atoms with van der Waals surface area (Å²) >= 11 is 3.19. The summed E-state index contributed by atoms with van der Waals surface area (Å²) in [5.74, 6) is -1.39. The molecule has 0 saturated heterocycles. The zero-order valence-corrected chi connectivity index (χ0v) is 11.7. The number of aliphatic carboxylic acids is 1. The molecule has 0 aliphatic heterocycles. The molecular formula is C10H12BrNO4S. The zero-order chi connectivity index (χ0) is 13.2. The minimum atomic E-state index is -3.93. The highest BCUT2D eigenvalue weighted by molar-refractivity contribution is 9.10. The van der Waals surface area contributed by atoms with Crippen molar-refractivity contribution in [3.8, 4) is 0 Å². The average Bonchev–Trinajstić information content (AvgIpc) is 2.21. The van der Waals surface area contributed by atoms with Gasteiger partial charge in [-0.05, 0) is 47.5 Å². The van der Waals surface area contributed by atoms with E-state index in [-0.39, 0.29) is 0 Å². The van der Waals surface area contributed by atoms with E-state index in [4.69, 9.17) is 5.11 Å². The van der Waals surface area contributed by atoms with Crippen LogP contribution >= 0.6 is 15.9 Å². The molecule has 7 heteroatoms. The molecule has 0 heterocycles. The fourth-order valence-electron chi connectivity index (χ4n) is 1.09. The highest BCUT2D eigenvalue weighted by atomic mass is 79.9. The molecule has 17 heavy (non-hydrogen) atoms. The molecule has 0 aromatic heterocycles. The van der Waals surface area contributed by atoms with Gasteiger partial charge in [-0.1, -0.05) is 6.07 Å². The van der Waals surface area contributed by atoms with Crippen molar-refractivity contribution < 1.29 is 18.3 Å². The topological polar surface area (TPSA) is 83.5 Å². The van der Waals surface area contributed by atoms with E-state index in [2.05, 4.69) is 20.7 Å². The SMILES string of the molecule is Cc1ccc(Br)c(NS(=O)(=O)C(C)C(=O)O)c1. The van der Waals surface area contributed by atoms with Crippen LogP contribution in [0.25, 0.3) is 0 Å². The van der Waals surface area contributed by atoms with Crippen LogP contribution in [0, 0.1) is 6.92 Å². The maximum Gasteiger partial charge on any atom is 0.323 e. The number of benzene rings is 1. The third kappa shape index (κ3) is 3.44. The minimum absolute atomic E-state index is 0.332. The number of carboxylic acids is 1. The maximum absolute atomic E-state index is 11.7. The maximum atomic E-state index is 11.7. The van der Waals surface area contributed by atoms with Gasteiger partial charge in [0, 0.05) is 4.47 Å². The normalized spacial score (nSPS) is 13.1. The first-order valence-electron chi connectivity index (χ1n) is 4.74. The lowest BCUT2D eigenvalue weighted by Gasteiger charge is -2.13. The summed E-state index contributed by atoms with van der Waals surface area (Å²) in [6, 6.07) is 5.12. The summed E-state index contributed by atoms with van der Waals surface area (Å²) in [5, 5.41) is 7.18. The standard InChI is InChI=1S/C10H12BrNO4S/c1-6-3-4-8(11)9(5-6)12-17(15,16)7(2)10(13)14/h3-5,7,12H,1-2H3,(H,13,14). The van der Waals surface area contributed by atoms with Crippen LogP contribution in [0.5, 0.6) is 0 Å². The quantitative estimate of drug-likeness (QED) is 0.888. The molecular weight excluding hydrogens is 310 g/mol. The fourth-order valence-corrected chi connectivity index (χ4v) is 2.49. The molecule has 5 nitrogen and oxygen atoms in total. The Labute approximate surface area is 108 Å². The van der Waals surface area contributed by atoms with Crippen molar-refractivity contribution >= 4 is 37.6 Å². The number of rotatable bonds is 4. The summed E-state index contributed by atoms with van der Waals surface area (Å²) in [7, 11) is -3.93. The predicted octanol–water partition coefficient (Wildman–Crippen LogP) is 1.97. The van der Waals surface area contributed by atoms with Crippen molar-refractivity contribution in [2.45, 2.75) is 19.1 Å². The number of halogens is 1. The van der Waals surface area contributed by atoms with Crippen molar-refractivity contribution in [3.63, 3.8) is 0 Å². The Hall–Kier alpha value is -1.08. The third-order valence-corrected chi connectivity index (χ3v) is 4.52. The number of hydrogen-bond acceptors (Lipinski definition) is 3. The Morgan fingerprint density at radius 3 is 2.59 bits per heavy atom. The van der Waals surface area contributed by atoms with Crippen molar-refractivity contribution in [3.05, 3.63) is 28.2 Å². The molecule has 0 aliphatic carbocycles. The van der Waals surface area contributed by atoms with Crippen LogP contribution in [-0.2, 0) is 14.8 Å². The summed E-state index contributed by atoms with van der Waals surface area (Å²) < 4.78 is 26.2. The van der Waals surface area contributed by atoms with Crippen LogP contribution in [0.4, 0.5) is 5.69 Å². The smallest absolute Gasteiger partial charge is 0.323 e. The van der Waals surface area contributed by atoms with Gasteiger partial charge in [-0.2, -0.15) is 0 Å². The molecule has 0 saturated carbocycles. The number of anilines is 1. The van der Waals surface area contributed by atoms with E-state index in [9.17, 15) is 13.2 Å². The first kappa shape index (κ1) is 14.0. The van der Waals surface area contributed by atoms with Crippen LogP contribution in [0.3, 0.4) is 0 Å². The molecule has 1 aromatic carbocycles. The Kier molecular flexibility index (Phi) is 4.16. The monoisotopic (exact) mass is 321 g/mol. The first-order chi connectivity index (χ1) is 7.74.